The summed E-state index contributed by atoms with van der Waals surface area (Å²) in [7, 11) is 1.66. The van der Waals surface area contributed by atoms with Gasteiger partial charge in [-0.05, 0) is 11.3 Å². The number of nitrogens with zero attached hydrogens (tertiary/aromatic N) is 3. The summed E-state index contributed by atoms with van der Waals surface area (Å²) in [4.78, 5) is 0. The van der Waals surface area contributed by atoms with Crippen LogP contribution in [-0.4, -0.2) is 21.9 Å². The molecule has 0 atom stereocenters. The first-order valence-corrected chi connectivity index (χ1v) is 5.18. The van der Waals surface area contributed by atoms with Gasteiger partial charge in [-0.3, -0.25) is 0 Å². The van der Waals surface area contributed by atoms with Gasteiger partial charge in [-0.1, -0.05) is 27.8 Å². The Morgan fingerprint density at radius 1 is 1.40 bits per heavy atom. The third kappa shape index (κ3) is 2.41. The van der Waals surface area contributed by atoms with Gasteiger partial charge in [0, 0.05) is 23.6 Å². The smallest absolute Gasteiger partial charge is 0.225 e. The zero-order valence-corrected chi connectivity index (χ0v) is 8.99. The van der Waals surface area contributed by atoms with Gasteiger partial charge < -0.3 is 10.1 Å². The fraction of sp³-hybridized carbons (Fsp3) is 0.222. The number of nitrogens with one attached hydrogen (secondary N) is 1. The van der Waals surface area contributed by atoms with Crippen LogP contribution in [-0.2, 0) is 6.54 Å². The van der Waals surface area contributed by atoms with Crippen LogP contribution in [0.4, 0.5) is 5.13 Å². The van der Waals surface area contributed by atoms with E-state index in [9.17, 15) is 0 Å². The fourth-order valence-electron chi connectivity index (χ4n) is 1.22. The average molecular weight is 222 g/mol. The van der Waals surface area contributed by atoms with E-state index >= 15 is 0 Å². The van der Waals surface area contributed by atoms with Gasteiger partial charge >= 0.3 is 0 Å². The van der Waals surface area contributed by atoms with Crippen LogP contribution < -0.4 is 10.1 Å². The van der Waals surface area contributed by atoms with Crippen LogP contribution in [0, 0.1) is 0 Å². The second-order valence-electron chi connectivity index (χ2n) is 2.83. The van der Waals surface area contributed by atoms with Gasteiger partial charge in [-0.15, -0.1) is 0 Å². The van der Waals surface area contributed by atoms with E-state index in [1.54, 1.807) is 7.11 Å². The summed E-state index contributed by atoms with van der Waals surface area (Å²) in [5.74, 6) is 0.863. The maximum Gasteiger partial charge on any atom is 0.225 e. The molecule has 0 aliphatic heterocycles. The third-order valence-corrected chi connectivity index (χ3v) is 2.48. The minimum atomic E-state index is 0.654. The third-order valence-electron chi connectivity index (χ3n) is 1.92. The predicted octanol–water partition coefficient (Wildman–Crippen LogP) is 1.55. The van der Waals surface area contributed by atoms with Crippen LogP contribution in [0.5, 0.6) is 5.75 Å². The lowest BCUT2D eigenvalue weighted by molar-refractivity contribution is 0.410. The molecule has 0 unspecified atom stereocenters. The van der Waals surface area contributed by atoms with Gasteiger partial charge in [0.25, 0.3) is 0 Å². The molecule has 0 saturated carbocycles. The number of benzene rings is 1. The molecule has 0 bridgehead atoms. The molecule has 5 nitrogen and oxygen atoms in total. The molecule has 1 aromatic heterocycles. The second kappa shape index (κ2) is 4.70. The lowest BCUT2D eigenvalue weighted by Crippen LogP contribution is -2.01. The molecule has 0 amide bonds. The lowest BCUT2D eigenvalue weighted by atomic mass is 10.2. The number of hydrogen-bond donors (Lipinski definition) is 1. The van der Waals surface area contributed by atoms with Crippen molar-refractivity contribution < 1.29 is 4.74 Å². The Balaban J connectivity index is 2.04. The molecule has 2 aromatic rings. The van der Waals surface area contributed by atoms with E-state index in [0.717, 1.165) is 11.3 Å². The highest BCUT2D eigenvalue weighted by molar-refractivity contribution is 7.09. The zero-order chi connectivity index (χ0) is 10.5. The van der Waals surface area contributed by atoms with E-state index < -0.39 is 0 Å². The lowest BCUT2D eigenvalue weighted by Gasteiger charge is -2.07. The molecule has 1 heterocycles. The number of para-hydroxylation sites is 1. The summed E-state index contributed by atoms with van der Waals surface area (Å²) in [5.41, 5.74) is 1.08. The van der Waals surface area contributed by atoms with Crippen molar-refractivity contribution in [2.45, 2.75) is 6.54 Å². The van der Waals surface area contributed by atoms with Gasteiger partial charge in [-0.2, -0.15) is 0 Å². The second-order valence-corrected chi connectivity index (χ2v) is 3.57. The summed E-state index contributed by atoms with van der Waals surface area (Å²) in [6.45, 7) is 0.654. The minimum Gasteiger partial charge on any atom is -0.496 e. The standard InChI is InChI=1S/C9H10N4OS/c1-14-8-5-3-2-4-7(8)6-10-9-11-12-13-15-9/h2-5H,6H2,1H3,(H,10,11,13). The Labute approximate surface area is 91.3 Å². The number of rotatable bonds is 4. The molecule has 78 valence electrons. The Bertz CT molecular complexity index is 418. The SMILES string of the molecule is COc1ccccc1CNc1nnns1. The van der Waals surface area contributed by atoms with E-state index in [0.29, 0.717) is 11.7 Å². The van der Waals surface area contributed by atoms with Crippen molar-refractivity contribution in [2.24, 2.45) is 0 Å². The minimum absolute atomic E-state index is 0.654. The molecule has 0 spiro atoms. The molecule has 6 heteroatoms. The number of methoxy groups -OCH3 is 1. The molecule has 15 heavy (non-hydrogen) atoms. The zero-order valence-electron chi connectivity index (χ0n) is 8.17. The highest BCUT2D eigenvalue weighted by Crippen LogP contribution is 2.18. The summed E-state index contributed by atoms with van der Waals surface area (Å²) in [5, 5.41) is 11.1. The molecule has 1 N–H and O–H groups in total. The average Bonchev–Trinajstić information content (AvgIpc) is 2.79. The highest BCUT2D eigenvalue weighted by Gasteiger charge is 2.02. The van der Waals surface area contributed by atoms with E-state index in [4.69, 9.17) is 4.74 Å². The largest absolute Gasteiger partial charge is 0.496 e. The molecule has 0 fully saturated rings. The summed E-state index contributed by atoms with van der Waals surface area (Å²) < 4.78 is 8.89. The van der Waals surface area contributed by atoms with Gasteiger partial charge in [0.2, 0.25) is 5.13 Å². The maximum atomic E-state index is 5.23. The van der Waals surface area contributed by atoms with Gasteiger partial charge in [-0.25, -0.2) is 0 Å². The normalized spacial score (nSPS) is 9.93. The molecule has 0 aliphatic carbocycles. The van der Waals surface area contributed by atoms with E-state index in [1.165, 1.54) is 11.5 Å². The molecule has 2 rings (SSSR count). The van der Waals surface area contributed by atoms with Crippen molar-refractivity contribution in [3.63, 3.8) is 0 Å². The highest BCUT2D eigenvalue weighted by atomic mass is 32.1. The van der Waals surface area contributed by atoms with E-state index in [-0.39, 0.29) is 0 Å². The Morgan fingerprint density at radius 2 is 2.27 bits per heavy atom. The predicted molar refractivity (Wildman–Crippen MR) is 58.0 cm³/mol. The Morgan fingerprint density at radius 3 is 3.00 bits per heavy atom. The number of hydrogen-bond acceptors (Lipinski definition) is 6. The van der Waals surface area contributed by atoms with Gasteiger partial charge in [0.05, 0.1) is 7.11 Å². The van der Waals surface area contributed by atoms with Crippen molar-refractivity contribution in [1.29, 1.82) is 0 Å². The number of anilines is 1. The molecule has 0 aliphatic rings. The maximum absolute atomic E-state index is 5.23. The van der Waals surface area contributed by atoms with Crippen molar-refractivity contribution >= 4 is 16.7 Å². The first-order chi connectivity index (χ1) is 7.40. The van der Waals surface area contributed by atoms with Crippen LogP contribution in [0.15, 0.2) is 24.3 Å². The molecular formula is C9H10N4OS. The van der Waals surface area contributed by atoms with Crippen LogP contribution in [0.3, 0.4) is 0 Å². The van der Waals surface area contributed by atoms with Crippen molar-refractivity contribution in [3.05, 3.63) is 29.8 Å². The fourth-order valence-corrected chi connectivity index (χ4v) is 1.58. The first-order valence-electron chi connectivity index (χ1n) is 4.41. The van der Waals surface area contributed by atoms with Crippen LogP contribution in [0.25, 0.3) is 0 Å². The summed E-state index contributed by atoms with van der Waals surface area (Å²) in [6, 6.07) is 7.84. The quantitative estimate of drug-likeness (QED) is 0.850. The monoisotopic (exact) mass is 222 g/mol. The molecule has 0 radical (unpaired) electrons. The summed E-state index contributed by atoms with van der Waals surface area (Å²) >= 11 is 1.23. The van der Waals surface area contributed by atoms with Crippen molar-refractivity contribution in [3.8, 4) is 5.75 Å². The van der Waals surface area contributed by atoms with E-state index in [1.807, 2.05) is 24.3 Å². The molecular weight excluding hydrogens is 212 g/mol. The van der Waals surface area contributed by atoms with Gasteiger partial charge in [0.15, 0.2) is 0 Å². The van der Waals surface area contributed by atoms with E-state index in [2.05, 4.69) is 20.1 Å². The van der Waals surface area contributed by atoms with Crippen molar-refractivity contribution in [1.82, 2.24) is 14.8 Å². The Hall–Kier alpha value is -1.69. The topological polar surface area (TPSA) is 59.9 Å². The summed E-state index contributed by atoms with van der Waals surface area (Å²) in [6.07, 6.45) is 0. The number of aromatic nitrogens is 3. The van der Waals surface area contributed by atoms with Gasteiger partial charge in [0.1, 0.15) is 5.75 Å². The molecule has 0 saturated heterocycles. The number of ether oxygens (including phenoxy) is 1. The van der Waals surface area contributed by atoms with Crippen LogP contribution in [0.1, 0.15) is 5.56 Å². The van der Waals surface area contributed by atoms with Crippen LogP contribution in [0.2, 0.25) is 0 Å². The van der Waals surface area contributed by atoms with Crippen LogP contribution >= 0.6 is 11.5 Å². The Kier molecular flexibility index (Phi) is 3.08. The molecule has 1 aromatic carbocycles. The first kappa shape index (κ1) is 9.85. The van der Waals surface area contributed by atoms with Crippen molar-refractivity contribution in [2.75, 3.05) is 12.4 Å².